The van der Waals surface area contributed by atoms with Gasteiger partial charge >= 0.3 is 0 Å². The van der Waals surface area contributed by atoms with Gasteiger partial charge in [0, 0.05) is 16.1 Å². The van der Waals surface area contributed by atoms with E-state index >= 15 is 0 Å². The van der Waals surface area contributed by atoms with Gasteiger partial charge in [-0.1, -0.05) is 66.2 Å². The van der Waals surface area contributed by atoms with Crippen LogP contribution in [0.25, 0.3) is 10.8 Å². The van der Waals surface area contributed by atoms with Crippen molar-refractivity contribution in [1.29, 1.82) is 0 Å². The predicted octanol–water partition coefficient (Wildman–Crippen LogP) is 5.33. The normalized spacial score (nSPS) is 11.3. The summed E-state index contributed by atoms with van der Waals surface area (Å²) in [5.41, 5.74) is 1.02. The highest BCUT2D eigenvalue weighted by molar-refractivity contribution is 7.92. The number of amides is 1. The number of anilines is 2. The summed E-state index contributed by atoms with van der Waals surface area (Å²) in [4.78, 5) is 13.0. The van der Waals surface area contributed by atoms with Crippen molar-refractivity contribution in [2.24, 2.45) is 0 Å². The van der Waals surface area contributed by atoms with E-state index in [0.29, 0.717) is 16.4 Å². The van der Waals surface area contributed by atoms with Crippen LogP contribution in [0.5, 0.6) is 0 Å². The fourth-order valence-corrected chi connectivity index (χ4v) is 4.84. The maximum absolute atomic E-state index is 13.3. The van der Waals surface area contributed by atoms with Crippen molar-refractivity contribution in [3.8, 4) is 0 Å². The van der Waals surface area contributed by atoms with Crippen LogP contribution in [0.15, 0.2) is 102 Å². The molecule has 0 spiro atoms. The highest BCUT2D eigenvalue weighted by Gasteiger charge is 2.27. The summed E-state index contributed by atoms with van der Waals surface area (Å²) in [5.74, 6) is -0.447. The first-order chi connectivity index (χ1) is 14.9. The molecule has 7 heteroatoms. The van der Waals surface area contributed by atoms with Gasteiger partial charge in [0.25, 0.3) is 10.0 Å². The third-order valence-corrected chi connectivity index (χ3v) is 6.84. The van der Waals surface area contributed by atoms with Crippen molar-refractivity contribution in [2.45, 2.75) is 4.90 Å². The number of carbonyl (C=O) groups is 1. The van der Waals surface area contributed by atoms with Gasteiger partial charge in [0.05, 0.1) is 10.6 Å². The average molecular weight is 451 g/mol. The zero-order valence-electron chi connectivity index (χ0n) is 16.4. The molecular weight excluding hydrogens is 432 g/mol. The number of halogens is 1. The Labute approximate surface area is 185 Å². The fraction of sp³-hybridized carbons (Fsp3) is 0.0417. The molecule has 0 radical (unpaired) electrons. The molecule has 5 nitrogen and oxygen atoms in total. The summed E-state index contributed by atoms with van der Waals surface area (Å²) in [6, 6.07) is 27.7. The molecule has 0 aromatic heterocycles. The maximum Gasteiger partial charge on any atom is 0.264 e. The molecule has 0 saturated heterocycles. The molecule has 0 atom stereocenters. The van der Waals surface area contributed by atoms with E-state index in [1.807, 2.05) is 36.4 Å². The molecule has 0 fully saturated rings. The van der Waals surface area contributed by atoms with Crippen molar-refractivity contribution >= 4 is 49.7 Å². The van der Waals surface area contributed by atoms with E-state index in [2.05, 4.69) is 5.32 Å². The molecule has 0 aliphatic carbocycles. The second-order valence-corrected chi connectivity index (χ2v) is 9.17. The van der Waals surface area contributed by atoms with Crippen LogP contribution < -0.4 is 9.62 Å². The SMILES string of the molecule is O=C(CN(c1ccccc1)S(=O)(=O)c1ccc(Cl)cc1)Nc1cccc2ccccc12. The van der Waals surface area contributed by atoms with E-state index < -0.39 is 15.9 Å². The van der Waals surface area contributed by atoms with Crippen molar-refractivity contribution in [3.63, 3.8) is 0 Å². The molecule has 0 unspecified atom stereocenters. The number of carbonyl (C=O) groups excluding carboxylic acids is 1. The van der Waals surface area contributed by atoms with Crippen LogP contribution in [0.4, 0.5) is 11.4 Å². The van der Waals surface area contributed by atoms with Gasteiger partial charge in [-0.2, -0.15) is 0 Å². The molecule has 0 heterocycles. The van der Waals surface area contributed by atoms with E-state index in [4.69, 9.17) is 11.6 Å². The van der Waals surface area contributed by atoms with Gasteiger partial charge in [-0.15, -0.1) is 0 Å². The largest absolute Gasteiger partial charge is 0.324 e. The van der Waals surface area contributed by atoms with E-state index in [1.165, 1.54) is 24.3 Å². The van der Waals surface area contributed by atoms with Crippen LogP contribution in [0, 0.1) is 0 Å². The first-order valence-electron chi connectivity index (χ1n) is 9.56. The lowest BCUT2D eigenvalue weighted by atomic mass is 10.1. The Morgan fingerprint density at radius 3 is 2.19 bits per heavy atom. The summed E-state index contributed by atoms with van der Waals surface area (Å²) < 4.78 is 27.8. The number of nitrogens with zero attached hydrogens (tertiary/aromatic N) is 1. The molecule has 4 aromatic carbocycles. The molecule has 1 N–H and O–H groups in total. The summed E-state index contributed by atoms with van der Waals surface area (Å²) in [5, 5.41) is 5.14. The predicted molar refractivity (Wildman–Crippen MR) is 125 cm³/mol. The molecule has 1 amide bonds. The fourth-order valence-electron chi connectivity index (χ4n) is 3.30. The third-order valence-electron chi connectivity index (χ3n) is 4.80. The second-order valence-electron chi connectivity index (χ2n) is 6.88. The summed E-state index contributed by atoms with van der Waals surface area (Å²) in [6.45, 7) is -0.377. The minimum absolute atomic E-state index is 0.0544. The van der Waals surface area contributed by atoms with Crippen molar-refractivity contribution < 1.29 is 13.2 Å². The van der Waals surface area contributed by atoms with Gasteiger partial charge in [0.1, 0.15) is 6.54 Å². The van der Waals surface area contributed by atoms with Crippen molar-refractivity contribution in [1.82, 2.24) is 0 Å². The van der Waals surface area contributed by atoms with Crippen LogP contribution >= 0.6 is 11.6 Å². The first kappa shape index (κ1) is 20.9. The lowest BCUT2D eigenvalue weighted by Crippen LogP contribution is -2.38. The van der Waals surface area contributed by atoms with Gasteiger partial charge in [-0.05, 0) is 47.9 Å². The Balaban J connectivity index is 1.66. The lowest BCUT2D eigenvalue weighted by Gasteiger charge is -2.24. The number of hydrogen-bond acceptors (Lipinski definition) is 3. The Kier molecular flexibility index (Phi) is 5.93. The van der Waals surface area contributed by atoms with E-state index in [1.54, 1.807) is 36.4 Å². The Morgan fingerprint density at radius 1 is 0.806 bits per heavy atom. The van der Waals surface area contributed by atoms with Crippen LogP contribution in [-0.2, 0) is 14.8 Å². The standard InChI is InChI=1S/C24H19ClN2O3S/c25-19-13-15-21(16-14-19)31(29,30)27(20-9-2-1-3-10-20)17-24(28)26-23-12-6-8-18-7-4-5-11-22(18)23/h1-16H,17H2,(H,26,28). The summed E-state index contributed by atoms with van der Waals surface area (Å²) in [7, 11) is -3.99. The second kappa shape index (κ2) is 8.79. The maximum atomic E-state index is 13.3. The molecule has 0 bridgehead atoms. The van der Waals surface area contributed by atoms with Crippen molar-refractivity contribution in [2.75, 3.05) is 16.2 Å². The number of sulfonamides is 1. The van der Waals surface area contributed by atoms with Gasteiger partial charge < -0.3 is 5.32 Å². The minimum atomic E-state index is -3.99. The number of hydrogen-bond donors (Lipinski definition) is 1. The number of fused-ring (bicyclic) bond motifs is 1. The number of para-hydroxylation sites is 1. The Bertz CT molecular complexity index is 1320. The van der Waals surface area contributed by atoms with Gasteiger partial charge in [-0.3, -0.25) is 9.10 Å². The number of rotatable bonds is 6. The van der Waals surface area contributed by atoms with Crippen LogP contribution in [0.1, 0.15) is 0 Å². The average Bonchev–Trinajstić information content (AvgIpc) is 2.78. The smallest absolute Gasteiger partial charge is 0.264 e. The molecule has 0 aliphatic rings. The molecule has 4 aromatic rings. The minimum Gasteiger partial charge on any atom is -0.324 e. The molecular formula is C24H19ClN2O3S. The summed E-state index contributed by atoms with van der Waals surface area (Å²) in [6.07, 6.45) is 0. The molecule has 31 heavy (non-hydrogen) atoms. The molecule has 0 aliphatic heterocycles. The summed E-state index contributed by atoms with van der Waals surface area (Å²) >= 11 is 5.91. The van der Waals surface area contributed by atoms with Gasteiger partial charge in [-0.25, -0.2) is 8.42 Å². The van der Waals surface area contributed by atoms with Gasteiger partial charge in [0.2, 0.25) is 5.91 Å². The van der Waals surface area contributed by atoms with Crippen molar-refractivity contribution in [3.05, 3.63) is 102 Å². The quantitative estimate of drug-likeness (QED) is 0.432. The Morgan fingerprint density at radius 2 is 1.45 bits per heavy atom. The highest BCUT2D eigenvalue weighted by atomic mass is 35.5. The zero-order chi connectivity index (χ0) is 21.8. The number of nitrogens with one attached hydrogen (secondary N) is 1. The molecule has 156 valence electrons. The van der Waals surface area contributed by atoms with E-state index in [0.717, 1.165) is 15.1 Å². The van der Waals surface area contributed by atoms with Crippen LogP contribution in [0.3, 0.4) is 0 Å². The van der Waals surface area contributed by atoms with Crippen LogP contribution in [-0.4, -0.2) is 20.9 Å². The van der Waals surface area contributed by atoms with E-state index in [9.17, 15) is 13.2 Å². The number of benzene rings is 4. The van der Waals surface area contributed by atoms with Gasteiger partial charge in [0.15, 0.2) is 0 Å². The van der Waals surface area contributed by atoms with Crippen LogP contribution in [0.2, 0.25) is 5.02 Å². The lowest BCUT2D eigenvalue weighted by molar-refractivity contribution is -0.114. The molecule has 0 saturated carbocycles. The third kappa shape index (κ3) is 4.55. The first-order valence-corrected chi connectivity index (χ1v) is 11.4. The Hall–Kier alpha value is -3.35. The topological polar surface area (TPSA) is 66.5 Å². The monoisotopic (exact) mass is 450 g/mol. The molecule has 4 rings (SSSR count). The zero-order valence-corrected chi connectivity index (χ0v) is 18.0. The highest BCUT2D eigenvalue weighted by Crippen LogP contribution is 2.26. The van der Waals surface area contributed by atoms with E-state index in [-0.39, 0.29) is 11.4 Å².